The molecular formula is C14H17BrN4. The smallest absolute Gasteiger partial charge is 0.139 e. The number of nitrogens with one attached hydrogen (secondary N) is 1. The summed E-state index contributed by atoms with van der Waals surface area (Å²) in [6.45, 7) is 7.87. The predicted molar refractivity (Wildman–Crippen MR) is 82.8 cm³/mol. The van der Waals surface area contributed by atoms with E-state index in [0.717, 1.165) is 21.5 Å². The molecule has 19 heavy (non-hydrogen) atoms. The van der Waals surface area contributed by atoms with Gasteiger partial charge in [-0.05, 0) is 51.0 Å². The number of hydrogen-bond donors (Lipinski definition) is 2. The van der Waals surface area contributed by atoms with Gasteiger partial charge in [-0.3, -0.25) is 0 Å². The van der Waals surface area contributed by atoms with E-state index in [1.807, 2.05) is 13.8 Å². The Labute approximate surface area is 121 Å². The molecule has 5 heteroatoms. The lowest BCUT2D eigenvalue weighted by Gasteiger charge is -2.13. The highest BCUT2D eigenvalue weighted by Crippen LogP contribution is 2.28. The van der Waals surface area contributed by atoms with Crippen LogP contribution < -0.4 is 11.1 Å². The number of nitrogens with two attached hydrogens (primary N) is 1. The highest BCUT2D eigenvalue weighted by Gasteiger charge is 2.08. The Hall–Kier alpha value is -1.62. The Bertz CT molecular complexity index is 615. The maximum Gasteiger partial charge on any atom is 0.139 e. The van der Waals surface area contributed by atoms with E-state index >= 15 is 0 Å². The lowest BCUT2D eigenvalue weighted by Crippen LogP contribution is -2.05. The minimum absolute atomic E-state index is 0.514. The van der Waals surface area contributed by atoms with E-state index in [1.54, 1.807) is 0 Å². The number of aryl methyl sites for hydroxylation is 3. The standard InChI is InChI=1S/C14H17BrN4/c1-7-5-11(6-8(2)12(7)15)19-14-9(3)13(16)17-10(4)18-14/h5-6H,1-4H3,(H3,16,17,18,19). The van der Waals surface area contributed by atoms with Crippen LogP contribution in [0.3, 0.4) is 0 Å². The average molecular weight is 321 g/mol. The van der Waals surface area contributed by atoms with Gasteiger partial charge in [0.15, 0.2) is 0 Å². The van der Waals surface area contributed by atoms with Gasteiger partial charge in [0.1, 0.15) is 17.5 Å². The lowest BCUT2D eigenvalue weighted by molar-refractivity contribution is 1.04. The third kappa shape index (κ3) is 2.87. The summed E-state index contributed by atoms with van der Waals surface area (Å²) in [5.74, 6) is 1.93. The van der Waals surface area contributed by atoms with Crippen molar-refractivity contribution in [2.24, 2.45) is 0 Å². The summed E-state index contributed by atoms with van der Waals surface area (Å²) in [7, 11) is 0. The van der Waals surface area contributed by atoms with Crippen LogP contribution in [0, 0.1) is 27.7 Å². The Balaban J connectivity index is 2.42. The van der Waals surface area contributed by atoms with E-state index in [4.69, 9.17) is 5.73 Å². The fourth-order valence-corrected chi connectivity index (χ4v) is 2.16. The summed E-state index contributed by atoms with van der Waals surface area (Å²) in [5, 5.41) is 3.31. The van der Waals surface area contributed by atoms with Crippen molar-refractivity contribution in [2.45, 2.75) is 27.7 Å². The van der Waals surface area contributed by atoms with Gasteiger partial charge in [0.25, 0.3) is 0 Å². The Morgan fingerprint density at radius 2 is 1.63 bits per heavy atom. The van der Waals surface area contributed by atoms with E-state index in [9.17, 15) is 0 Å². The molecule has 0 saturated carbocycles. The van der Waals surface area contributed by atoms with Gasteiger partial charge in [0.05, 0.1) is 0 Å². The summed E-state index contributed by atoms with van der Waals surface area (Å²) < 4.78 is 1.13. The maximum absolute atomic E-state index is 5.86. The molecule has 0 saturated heterocycles. The molecule has 2 rings (SSSR count). The van der Waals surface area contributed by atoms with Gasteiger partial charge in [-0.25, -0.2) is 9.97 Å². The summed E-state index contributed by atoms with van der Waals surface area (Å²) in [6.07, 6.45) is 0. The highest BCUT2D eigenvalue weighted by atomic mass is 79.9. The molecule has 2 aromatic rings. The number of nitrogen functional groups attached to an aromatic ring is 1. The van der Waals surface area contributed by atoms with Crippen LogP contribution in [0.1, 0.15) is 22.5 Å². The molecule has 0 aliphatic carbocycles. The molecule has 0 atom stereocenters. The van der Waals surface area contributed by atoms with Crippen LogP contribution in [0.5, 0.6) is 0 Å². The van der Waals surface area contributed by atoms with Crippen molar-refractivity contribution in [3.8, 4) is 0 Å². The van der Waals surface area contributed by atoms with Crippen molar-refractivity contribution in [3.05, 3.63) is 39.1 Å². The molecule has 100 valence electrons. The Morgan fingerprint density at radius 1 is 1.05 bits per heavy atom. The highest BCUT2D eigenvalue weighted by molar-refractivity contribution is 9.10. The molecule has 3 N–H and O–H groups in total. The molecule has 0 unspecified atom stereocenters. The maximum atomic E-state index is 5.86. The first-order chi connectivity index (χ1) is 8.88. The first-order valence-electron chi connectivity index (χ1n) is 6.03. The molecule has 1 heterocycles. The average Bonchev–Trinajstić information content (AvgIpc) is 2.32. The minimum atomic E-state index is 0.514. The van der Waals surface area contributed by atoms with Crippen LogP contribution in [-0.2, 0) is 0 Å². The third-order valence-electron chi connectivity index (χ3n) is 2.99. The summed E-state index contributed by atoms with van der Waals surface area (Å²) in [5.41, 5.74) is 10.1. The normalized spacial score (nSPS) is 10.6. The van der Waals surface area contributed by atoms with Crippen molar-refractivity contribution in [1.82, 2.24) is 9.97 Å². The number of halogens is 1. The first kappa shape index (κ1) is 13.8. The molecule has 0 bridgehead atoms. The molecule has 0 spiro atoms. The second-order valence-electron chi connectivity index (χ2n) is 4.68. The number of benzene rings is 1. The largest absolute Gasteiger partial charge is 0.383 e. The molecule has 1 aromatic carbocycles. The van der Waals surface area contributed by atoms with E-state index in [2.05, 4.69) is 57.2 Å². The quantitative estimate of drug-likeness (QED) is 0.883. The van der Waals surface area contributed by atoms with E-state index < -0.39 is 0 Å². The summed E-state index contributed by atoms with van der Waals surface area (Å²) in [4.78, 5) is 8.54. The predicted octanol–water partition coefficient (Wildman–Crippen LogP) is 3.80. The van der Waals surface area contributed by atoms with Crippen molar-refractivity contribution in [2.75, 3.05) is 11.1 Å². The Kier molecular flexibility index (Phi) is 3.75. The third-order valence-corrected chi connectivity index (χ3v) is 4.25. The molecule has 1 aromatic heterocycles. The fraction of sp³-hybridized carbons (Fsp3) is 0.286. The molecular weight excluding hydrogens is 304 g/mol. The number of aromatic nitrogens is 2. The van der Waals surface area contributed by atoms with Crippen LogP contribution in [0.2, 0.25) is 0 Å². The molecule has 0 fully saturated rings. The number of anilines is 3. The van der Waals surface area contributed by atoms with Crippen molar-refractivity contribution < 1.29 is 0 Å². The van der Waals surface area contributed by atoms with Crippen LogP contribution in [0.25, 0.3) is 0 Å². The lowest BCUT2D eigenvalue weighted by atomic mass is 10.1. The van der Waals surface area contributed by atoms with Gasteiger partial charge in [0, 0.05) is 15.7 Å². The second-order valence-corrected chi connectivity index (χ2v) is 5.47. The number of rotatable bonds is 2. The van der Waals surface area contributed by atoms with Crippen molar-refractivity contribution in [3.63, 3.8) is 0 Å². The number of hydrogen-bond acceptors (Lipinski definition) is 4. The summed E-state index contributed by atoms with van der Waals surface area (Å²) in [6, 6.07) is 4.15. The number of nitrogens with zero attached hydrogens (tertiary/aromatic N) is 2. The minimum Gasteiger partial charge on any atom is -0.383 e. The zero-order valence-corrected chi connectivity index (χ0v) is 13.1. The zero-order chi connectivity index (χ0) is 14.2. The summed E-state index contributed by atoms with van der Waals surface area (Å²) >= 11 is 3.56. The molecule has 0 aliphatic heterocycles. The van der Waals surface area contributed by atoms with Gasteiger partial charge in [-0.1, -0.05) is 15.9 Å². The molecule has 0 radical (unpaired) electrons. The van der Waals surface area contributed by atoms with Gasteiger partial charge in [0.2, 0.25) is 0 Å². The first-order valence-corrected chi connectivity index (χ1v) is 6.82. The zero-order valence-electron chi connectivity index (χ0n) is 11.5. The van der Waals surface area contributed by atoms with Gasteiger partial charge >= 0.3 is 0 Å². The molecule has 4 nitrogen and oxygen atoms in total. The van der Waals surface area contributed by atoms with Gasteiger partial charge < -0.3 is 11.1 Å². The van der Waals surface area contributed by atoms with Crippen LogP contribution in [-0.4, -0.2) is 9.97 Å². The van der Waals surface area contributed by atoms with Crippen molar-refractivity contribution in [1.29, 1.82) is 0 Å². The topological polar surface area (TPSA) is 63.8 Å². The Morgan fingerprint density at radius 3 is 2.21 bits per heavy atom. The van der Waals surface area contributed by atoms with Gasteiger partial charge in [-0.15, -0.1) is 0 Å². The van der Waals surface area contributed by atoms with Crippen LogP contribution in [0.15, 0.2) is 16.6 Å². The second kappa shape index (κ2) is 5.17. The van der Waals surface area contributed by atoms with Crippen LogP contribution in [0.4, 0.5) is 17.3 Å². The van der Waals surface area contributed by atoms with E-state index in [0.29, 0.717) is 11.6 Å². The SMILES string of the molecule is Cc1nc(N)c(C)c(Nc2cc(C)c(Br)c(C)c2)n1. The molecule has 0 amide bonds. The molecule has 0 aliphatic rings. The van der Waals surface area contributed by atoms with E-state index in [-0.39, 0.29) is 0 Å². The monoisotopic (exact) mass is 320 g/mol. The van der Waals surface area contributed by atoms with Crippen molar-refractivity contribution >= 4 is 33.3 Å². The van der Waals surface area contributed by atoms with Gasteiger partial charge in [-0.2, -0.15) is 0 Å². The van der Waals surface area contributed by atoms with Crippen LogP contribution >= 0.6 is 15.9 Å². The van der Waals surface area contributed by atoms with E-state index in [1.165, 1.54) is 11.1 Å². The fourth-order valence-electron chi connectivity index (χ4n) is 1.93.